The second-order valence-electron chi connectivity index (χ2n) is 17.1. The van der Waals surface area contributed by atoms with Crippen LogP contribution >= 0.6 is 11.3 Å². The molecule has 14 rings (SSSR count). The van der Waals surface area contributed by atoms with E-state index < -0.39 is 8.07 Å². The predicted octanol–water partition coefficient (Wildman–Crippen LogP) is 9.42. The quantitative estimate of drug-likeness (QED) is 0.159. The lowest BCUT2D eigenvalue weighted by Gasteiger charge is -2.50. The molecular formula is C53H35BN2SSi. The molecule has 270 valence electrons. The maximum Gasteiger partial charge on any atom is 0.332 e. The Kier molecular flexibility index (Phi) is 5.87. The Morgan fingerprint density at radius 1 is 0.552 bits per heavy atom. The van der Waals surface area contributed by atoms with Gasteiger partial charge in [0, 0.05) is 60.0 Å². The normalized spacial score (nSPS) is 15.6. The van der Waals surface area contributed by atoms with E-state index in [1.54, 1.807) is 0 Å². The summed E-state index contributed by atoms with van der Waals surface area (Å²) in [5, 5.41) is 9.80. The number of rotatable bonds is 2. The molecule has 5 heterocycles. The summed E-state index contributed by atoms with van der Waals surface area (Å²) in [5.74, 6) is 0. The van der Waals surface area contributed by atoms with Gasteiger partial charge in [0.25, 0.3) is 0 Å². The highest BCUT2D eigenvalue weighted by atomic mass is 32.1. The second kappa shape index (κ2) is 10.8. The van der Waals surface area contributed by atoms with Crippen molar-refractivity contribution in [1.29, 1.82) is 0 Å². The van der Waals surface area contributed by atoms with Crippen molar-refractivity contribution >= 4 is 106 Å². The van der Waals surface area contributed by atoms with Crippen molar-refractivity contribution < 1.29 is 0 Å². The Morgan fingerprint density at radius 3 is 2.03 bits per heavy atom. The summed E-state index contributed by atoms with van der Waals surface area (Å²) in [4.78, 5) is 2.74. The largest absolute Gasteiger partial charge is 0.378 e. The van der Waals surface area contributed by atoms with E-state index in [1.807, 2.05) is 11.3 Å². The highest BCUT2D eigenvalue weighted by Gasteiger charge is 2.55. The number of fused-ring (bicyclic) bond motifs is 15. The summed E-state index contributed by atoms with van der Waals surface area (Å²) in [6.45, 7) is 4.91. The van der Waals surface area contributed by atoms with Gasteiger partial charge in [-0.2, -0.15) is 0 Å². The topological polar surface area (TPSA) is 8.17 Å². The third-order valence-electron chi connectivity index (χ3n) is 14.2. The summed E-state index contributed by atoms with van der Waals surface area (Å²) in [6.07, 6.45) is 0. The number of nitrogens with zero attached hydrogens (tertiary/aromatic N) is 2. The van der Waals surface area contributed by atoms with Gasteiger partial charge in [-0.15, -0.1) is 11.3 Å². The third kappa shape index (κ3) is 3.51. The molecule has 0 amide bonds. The molecule has 2 nitrogen and oxygen atoms in total. The lowest BCUT2D eigenvalue weighted by Crippen LogP contribution is -2.78. The molecule has 2 aromatic heterocycles. The molecule has 0 radical (unpaired) electrons. The maximum absolute atomic E-state index is 2.86. The van der Waals surface area contributed by atoms with Crippen LogP contribution in [0.1, 0.15) is 25.1 Å². The van der Waals surface area contributed by atoms with Gasteiger partial charge < -0.3 is 9.38 Å². The predicted molar refractivity (Wildman–Crippen MR) is 250 cm³/mol. The number of hydrogen-bond donors (Lipinski definition) is 0. The molecule has 0 unspecified atom stereocenters. The first-order valence-corrected chi connectivity index (χ1v) is 23.3. The first-order valence-electron chi connectivity index (χ1n) is 20.5. The molecule has 3 aliphatic heterocycles. The number of thiophene rings is 1. The fraction of sp³-hybridized carbons (Fsp3) is 0.0566. The fourth-order valence-electron chi connectivity index (χ4n) is 12.1. The third-order valence-corrected chi connectivity index (χ3v) is 20.2. The van der Waals surface area contributed by atoms with E-state index in [2.05, 4.69) is 199 Å². The van der Waals surface area contributed by atoms with Gasteiger partial charge in [0.15, 0.2) is 8.07 Å². The van der Waals surface area contributed by atoms with Crippen molar-refractivity contribution in [1.82, 2.24) is 4.48 Å². The van der Waals surface area contributed by atoms with Crippen LogP contribution in [0.15, 0.2) is 176 Å². The maximum atomic E-state index is 2.83. The standard InChI is InChI=1S/C53H35BN2SSi/c1-53(2)40-25-11-9-22-36(40)46-37-24-15-23-35-38-31-39-34-21-10-13-28-43(34)57-51(39)50-47(38)54(56(48(35)37)52(46)53)41-26-16-30-45-49(41)55(50)42-27-12-14-29-44(42)58(45,32-17-5-3-6-18-32)33-19-7-4-8-20-33/h3-31H,1-2H3. The van der Waals surface area contributed by atoms with Crippen molar-refractivity contribution in [3.8, 4) is 22.3 Å². The minimum Gasteiger partial charge on any atom is -0.378 e. The van der Waals surface area contributed by atoms with Crippen LogP contribution < -0.4 is 36.6 Å². The highest BCUT2D eigenvalue weighted by Crippen LogP contribution is 2.57. The lowest BCUT2D eigenvalue weighted by molar-refractivity contribution is 0.632. The van der Waals surface area contributed by atoms with E-state index in [4.69, 9.17) is 0 Å². The van der Waals surface area contributed by atoms with Gasteiger partial charge in [0.05, 0.1) is 10.4 Å². The second-order valence-corrected chi connectivity index (χ2v) is 21.9. The Balaban J connectivity index is 1.22. The smallest absolute Gasteiger partial charge is 0.332 e. The van der Waals surface area contributed by atoms with E-state index in [-0.39, 0.29) is 12.3 Å². The van der Waals surface area contributed by atoms with Crippen molar-refractivity contribution in [2.24, 2.45) is 0 Å². The molecule has 58 heavy (non-hydrogen) atoms. The Labute approximate surface area is 342 Å². The van der Waals surface area contributed by atoms with Gasteiger partial charge in [-0.05, 0) is 66.6 Å². The molecule has 10 aromatic rings. The van der Waals surface area contributed by atoms with Crippen LogP contribution in [0, 0.1) is 0 Å². The lowest BCUT2D eigenvalue weighted by atomic mass is 9.44. The molecule has 0 bridgehead atoms. The van der Waals surface area contributed by atoms with Gasteiger partial charge in [-0.25, -0.2) is 0 Å². The SMILES string of the molecule is CC1(C)c2ccccc2-c2c1n1c3c(cccc23)-c2cc3c(sc4ccccc43)c3c2B1c1cccc2c1N3c1ccccc1[Si]2(c1ccccc1)c1ccccc1. The Bertz CT molecular complexity index is 3410. The van der Waals surface area contributed by atoms with Crippen LogP contribution in [0.5, 0.6) is 0 Å². The molecule has 0 spiro atoms. The summed E-state index contributed by atoms with van der Waals surface area (Å²) >= 11 is 1.96. The van der Waals surface area contributed by atoms with Crippen LogP contribution in [0.25, 0.3) is 53.3 Å². The zero-order valence-corrected chi connectivity index (χ0v) is 33.9. The summed E-state index contributed by atoms with van der Waals surface area (Å²) < 4.78 is 5.53. The molecule has 1 aliphatic carbocycles. The van der Waals surface area contributed by atoms with E-state index in [1.165, 1.54) is 113 Å². The number of hydrogen-bond acceptors (Lipinski definition) is 2. The number of aromatic nitrogens is 1. The van der Waals surface area contributed by atoms with Crippen LogP contribution in [0.3, 0.4) is 0 Å². The van der Waals surface area contributed by atoms with Gasteiger partial charge in [-0.3, -0.25) is 0 Å². The van der Waals surface area contributed by atoms with Crippen molar-refractivity contribution in [3.05, 3.63) is 187 Å². The van der Waals surface area contributed by atoms with E-state index in [9.17, 15) is 0 Å². The van der Waals surface area contributed by atoms with Gasteiger partial charge in [0.2, 0.25) is 0 Å². The number of para-hydroxylation sites is 3. The summed E-state index contributed by atoms with van der Waals surface area (Å²) in [6, 6.07) is 67.6. The van der Waals surface area contributed by atoms with Crippen LogP contribution in [-0.4, -0.2) is 19.4 Å². The molecule has 4 aliphatic rings. The van der Waals surface area contributed by atoms with Crippen LogP contribution in [0.4, 0.5) is 17.1 Å². The van der Waals surface area contributed by atoms with E-state index in [0.717, 1.165) is 0 Å². The average molecular weight is 771 g/mol. The monoisotopic (exact) mass is 770 g/mol. The molecule has 0 saturated carbocycles. The van der Waals surface area contributed by atoms with Crippen molar-refractivity contribution in [3.63, 3.8) is 0 Å². The molecule has 8 aromatic carbocycles. The molecule has 0 atom stereocenters. The summed E-state index contributed by atoms with van der Waals surface area (Å²) in [5.41, 5.74) is 16.4. The van der Waals surface area contributed by atoms with Crippen molar-refractivity contribution in [2.45, 2.75) is 19.3 Å². The summed E-state index contributed by atoms with van der Waals surface area (Å²) in [7, 11) is -2.86. The molecule has 0 fully saturated rings. The molecule has 5 heteroatoms. The Morgan fingerprint density at radius 2 is 1.21 bits per heavy atom. The molecule has 0 N–H and O–H groups in total. The zero-order chi connectivity index (χ0) is 38.1. The van der Waals surface area contributed by atoms with E-state index >= 15 is 0 Å². The van der Waals surface area contributed by atoms with Crippen LogP contribution in [-0.2, 0) is 5.41 Å². The Hall–Kier alpha value is -6.40. The van der Waals surface area contributed by atoms with E-state index in [0.29, 0.717) is 0 Å². The average Bonchev–Trinajstić information content (AvgIpc) is 3.90. The first-order chi connectivity index (χ1) is 28.6. The van der Waals surface area contributed by atoms with Gasteiger partial charge in [-0.1, -0.05) is 172 Å². The minimum atomic E-state index is -2.86. The molecular weight excluding hydrogens is 736 g/mol. The van der Waals surface area contributed by atoms with Gasteiger partial charge in [0.1, 0.15) is 0 Å². The van der Waals surface area contributed by atoms with Gasteiger partial charge >= 0.3 is 6.85 Å². The van der Waals surface area contributed by atoms with Crippen LogP contribution in [0.2, 0.25) is 0 Å². The first kappa shape index (κ1) is 31.7. The highest BCUT2D eigenvalue weighted by molar-refractivity contribution is 7.27. The number of benzene rings is 8. The minimum absolute atomic E-state index is 0.0101. The number of anilines is 3. The van der Waals surface area contributed by atoms with Crippen molar-refractivity contribution in [2.75, 3.05) is 4.90 Å². The zero-order valence-electron chi connectivity index (χ0n) is 32.1. The molecule has 0 saturated heterocycles. The fourth-order valence-corrected chi connectivity index (χ4v) is 18.5.